The summed E-state index contributed by atoms with van der Waals surface area (Å²) in [4.78, 5) is 21.4. The smallest absolute Gasteiger partial charge is 0.162 e. The van der Waals surface area contributed by atoms with Gasteiger partial charge in [-0.1, -0.05) is 0 Å². The maximum atomic E-state index is 14.2. The summed E-state index contributed by atoms with van der Waals surface area (Å²) in [5.74, 6) is 1.15. The molecule has 0 aliphatic rings. The minimum absolute atomic E-state index is 0.401. The Hall–Kier alpha value is -4.86. The number of methoxy groups -OCH3 is 2. The summed E-state index contributed by atoms with van der Waals surface area (Å²) in [6.45, 7) is 0. The molecule has 6 rings (SSSR count). The van der Waals surface area contributed by atoms with Crippen molar-refractivity contribution < 1.29 is 13.9 Å². The van der Waals surface area contributed by atoms with Crippen molar-refractivity contribution in [1.82, 2.24) is 35.1 Å². The molecule has 1 aromatic carbocycles. The van der Waals surface area contributed by atoms with Gasteiger partial charge in [0, 0.05) is 29.6 Å². The number of pyridine rings is 3. The maximum Gasteiger partial charge on any atom is 0.162 e. The van der Waals surface area contributed by atoms with E-state index in [1.165, 1.54) is 19.2 Å². The van der Waals surface area contributed by atoms with E-state index in [4.69, 9.17) is 19.4 Å². The van der Waals surface area contributed by atoms with Gasteiger partial charge in [0.1, 0.15) is 28.3 Å². The van der Waals surface area contributed by atoms with Gasteiger partial charge in [-0.2, -0.15) is 5.10 Å². The third kappa shape index (κ3) is 3.61. The highest BCUT2D eigenvalue weighted by Gasteiger charge is 2.18. The third-order valence-corrected chi connectivity index (χ3v) is 5.68. The summed E-state index contributed by atoms with van der Waals surface area (Å²) in [6, 6.07) is 12.0. The fourth-order valence-electron chi connectivity index (χ4n) is 3.99. The number of aromatic amines is 2. The lowest BCUT2D eigenvalue weighted by molar-refractivity contribution is 0.411. The van der Waals surface area contributed by atoms with Gasteiger partial charge < -0.3 is 14.5 Å². The van der Waals surface area contributed by atoms with Crippen LogP contribution in [0.1, 0.15) is 0 Å². The van der Waals surface area contributed by atoms with Gasteiger partial charge in [0.15, 0.2) is 17.2 Å². The second-order valence-electron chi connectivity index (χ2n) is 7.80. The van der Waals surface area contributed by atoms with Crippen LogP contribution in [0.15, 0.2) is 61.1 Å². The molecule has 0 saturated heterocycles. The lowest BCUT2D eigenvalue weighted by Gasteiger charge is -2.06. The minimum atomic E-state index is -0.401. The number of benzene rings is 1. The zero-order valence-corrected chi connectivity index (χ0v) is 18.7. The van der Waals surface area contributed by atoms with Crippen molar-refractivity contribution >= 4 is 22.2 Å². The second kappa shape index (κ2) is 8.17. The van der Waals surface area contributed by atoms with Crippen LogP contribution >= 0.6 is 0 Å². The number of hydrogen-bond donors (Lipinski definition) is 2. The lowest BCUT2D eigenvalue weighted by atomic mass is 10.1. The molecule has 0 fully saturated rings. The van der Waals surface area contributed by atoms with E-state index in [2.05, 4.69) is 25.1 Å². The molecule has 0 aliphatic heterocycles. The Labute approximate surface area is 198 Å². The average molecular weight is 467 g/mol. The Morgan fingerprint density at radius 3 is 2.57 bits per heavy atom. The summed E-state index contributed by atoms with van der Waals surface area (Å²) in [5, 5.41) is 7.45. The van der Waals surface area contributed by atoms with Gasteiger partial charge in [0.2, 0.25) is 0 Å². The summed E-state index contributed by atoms with van der Waals surface area (Å²) in [5.41, 5.74) is 5.93. The zero-order valence-electron chi connectivity index (χ0n) is 18.7. The highest BCUT2D eigenvalue weighted by molar-refractivity contribution is 5.95. The molecule has 0 radical (unpaired) electrons. The Morgan fingerprint density at radius 2 is 1.71 bits per heavy atom. The van der Waals surface area contributed by atoms with Crippen LogP contribution in [-0.4, -0.2) is 49.3 Å². The summed E-state index contributed by atoms with van der Waals surface area (Å²) in [6.07, 6.45) is 5.01. The Bertz CT molecular complexity index is 1710. The van der Waals surface area contributed by atoms with E-state index in [1.54, 1.807) is 37.8 Å². The molecule has 0 amide bonds. The van der Waals surface area contributed by atoms with Gasteiger partial charge in [0.05, 0.1) is 31.6 Å². The van der Waals surface area contributed by atoms with Crippen molar-refractivity contribution in [2.45, 2.75) is 0 Å². The number of H-pyrrole nitrogens is 2. The number of hydrogen-bond acceptors (Lipinski definition) is 7. The summed E-state index contributed by atoms with van der Waals surface area (Å²) in [7, 11) is 3.09. The van der Waals surface area contributed by atoms with Gasteiger partial charge in [0.25, 0.3) is 0 Å². The van der Waals surface area contributed by atoms with Crippen LogP contribution < -0.4 is 9.47 Å². The number of imidazole rings is 1. The first-order chi connectivity index (χ1) is 17.1. The van der Waals surface area contributed by atoms with E-state index in [1.807, 2.05) is 18.2 Å². The average Bonchev–Trinajstić information content (AvgIpc) is 3.51. The molecule has 2 N–H and O–H groups in total. The quantitative estimate of drug-likeness (QED) is 0.375. The SMILES string of the molecule is COc1cncc(-c2ccc3[nH]nc(-c4nc5c(-c6cc(F)cc(OC)c6)ccnc5[nH]4)c3n2)c1. The predicted molar refractivity (Wildman–Crippen MR) is 129 cm³/mol. The number of nitrogens with one attached hydrogen (secondary N) is 2. The van der Waals surface area contributed by atoms with Crippen LogP contribution in [0.25, 0.3) is 56.1 Å². The molecule has 0 atom stereocenters. The number of halogens is 1. The molecular weight excluding hydrogens is 449 g/mol. The van der Waals surface area contributed by atoms with Crippen LogP contribution in [-0.2, 0) is 0 Å². The molecule has 5 aromatic heterocycles. The van der Waals surface area contributed by atoms with Crippen molar-refractivity contribution in [2.75, 3.05) is 14.2 Å². The molecule has 35 heavy (non-hydrogen) atoms. The van der Waals surface area contributed by atoms with Crippen LogP contribution in [0.4, 0.5) is 4.39 Å². The Morgan fingerprint density at radius 1 is 0.857 bits per heavy atom. The van der Waals surface area contributed by atoms with Crippen LogP contribution in [0.2, 0.25) is 0 Å². The molecule has 9 nitrogen and oxygen atoms in total. The number of aromatic nitrogens is 7. The predicted octanol–water partition coefficient (Wildman–Crippen LogP) is 4.78. The van der Waals surface area contributed by atoms with Crippen molar-refractivity contribution in [3.8, 4) is 45.4 Å². The van der Waals surface area contributed by atoms with E-state index in [0.29, 0.717) is 56.5 Å². The van der Waals surface area contributed by atoms with E-state index in [9.17, 15) is 4.39 Å². The molecule has 0 unspecified atom stereocenters. The summed E-state index contributed by atoms with van der Waals surface area (Å²) < 4.78 is 24.7. The van der Waals surface area contributed by atoms with Gasteiger partial charge in [-0.3, -0.25) is 10.1 Å². The van der Waals surface area contributed by atoms with E-state index in [-0.39, 0.29) is 0 Å². The van der Waals surface area contributed by atoms with Gasteiger partial charge in [-0.25, -0.2) is 19.3 Å². The van der Waals surface area contributed by atoms with Crippen LogP contribution in [0, 0.1) is 5.82 Å². The minimum Gasteiger partial charge on any atom is -0.497 e. The van der Waals surface area contributed by atoms with E-state index >= 15 is 0 Å². The number of nitrogens with zero attached hydrogens (tertiary/aromatic N) is 5. The molecule has 10 heteroatoms. The molecule has 0 aliphatic carbocycles. The third-order valence-electron chi connectivity index (χ3n) is 5.68. The second-order valence-corrected chi connectivity index (χ2v) is 7.80. The van der Waals surface area contributed by atoms with Gasteiger partial charge in [-0.15, -0.1) is 0 Å². The monoisotopic (exact) mass is 467 g/mol. The normalized spacial score (nSPS) is 11.3. The van der Waals surface area contributed by atoms with Crippen LogP contribution in [0.5, 0.6) is 11.5 Å². The molecule has 0 saturated carbocycles. The first kappa shape index (κ1) is 20.7. The first-order valence-corrected chi connectivity index (χ1v) is 10.7. The topological polar surface area (TPSA) is 114 Å². The van der Waals surface area contributed by atoms with Crippen LogP contribution in [0.3, 0.4) is 0 Å². The highest BCUT2D eigenvalue weighted by Crippen LogP contribution is 2.33. The number of ether oxygens (including phenoxy) is 2. The van der Waals surface area contributed by atoms with Crippen molar-refractivity contribution in [3.05, 3.63) is 66.9 Å². The molecule has 6 aromatic rings. The molecular formula is C25H18FN7O2. The number of rotatable bonds is 5. The fourth-order valence-corrected chi connectivity index (χ4v) is 3.99. The molecule has 0 spiro atoms. The van der Waals surface area contributed by atoms with Crippen molar-refractivity contribution in [1.29, 1.82) is 0 Å². The first-order valence-electron chi connectivity index (χ1n) is 10.7. The number of fused-ring (bicyclic) bond motifs is 2. The van der Waals surface area contributed by atoms with E-state index in [0.717, 1.165) is 11.1 Å². The Balaban J connectivity index is 1.48. The van der Waals surface area contributed by atoms with Crippen molar-refractivity contribution in [2.24, 2.45) is 0 Å². The van der Waals surface area contributed by atoms with Gasteiger partial charge >= 0.3 is 0 Å². The largest absolute Gasteiger partial charge is 0.497 e. The highest BCUT2D eigenvalue weighted by atomic mass is 19.1. The maximum absolute atomic E-state index is 14.2. The molecule has 172 valence electrons. The molecule has 0 bridgehead atoms. The van der Waals surface area contributed by atoms with Gasteiger partial charge in [-0.05, 0) is 42.0 Å². The van der Waals surface area contributed by atoms with Crippen molar-refractivity contribution in [3.63, 3.8) is 0 Å². The fraction of sp³-hybridized carbons (Fsp3) is 0.0800. The van der Waals surface area contributed by atoms with E-state index < -0.39 is 5.82 Å². The summed E-state index contributed by atoms with van der Waals surface area (Å²) >= 11 is 0. The lowest BCUT2D eigenvalue weighted by Crippen LogP contribution is -1.90. The standard InChI is InChI=1S/C25H18FN7O2/c1-34-16-8-13(7-15(26)10-16)18-5-6-28-24-21(18)30-25(31-24)23-22-20(32-33-23)4-3-19(29-22)14-9-17(35-2)12-27-11-14/h3-12H,1-2H3,(H,32,33)(H,28,30,31). The Kier molecular flexibility index (Phi) is 4.84. The zero-order chi connectivity index (χ0) is 23.9. The molecule has 5 heterocycles.